The van der Waals surface area contributed by atoms with Crippen LogP contribution in [0.5, 0.6) is 0 Å². The van der Waals surface area contributed by atoms with E-state index in [2.05, 4.69) is 4.72 Å². The molecule has 6 heteroatoms. The van der Waals surface area contributed by atoms with Crippen molar-refractivity contribution in [2.45, 2.75) is 25.3 Å². The quantitative estimate of drug-likeness (QED) is 0.912. The van der Waals surface area contributed by atoms with Gasteiger partial charge in [-0.05, 0) is 43.2 Å². The average molecular weight is 308 g/mol. The van der Waals surface area contributed by atoms with Crippen molar-refractivity contribution in [3.05, 3.63) is 58.9 Å². The number of benzene rings is 2. The molecular formula is C15H17FN2O2S. The summed E-state index contributed by atoms with van der Waals surface area (Å²) in [6.45, 7) is 3.48. The summed E-state index contributed by atoms with van der Waals surface area (Å²) in [5.74, 6) is -0.624. The molecule has 0 aliphatic rings. The van der Waals surface area contributed by atoms with Crippen LogP contribution in [0.25, 0.3) is 0 Å². The molecule has 0 radical (unpaired) electrons. The summed E-state index contributed by atoms with van der Waals surface area (Å²) in [6.07, 6.45) is 0. The van der Waals surface area contributed by atoms with Crippen LogP contribution in [0.2, 0.25) is 0 Å². The molecule has 2 aromatic rings. The zero-order valence-electron chi connectivity index (χ0n) is 11.9. The third-order valence-corrected chi connectivity index (χ3v) is 4.66. The second-order valence-electron chi connectivity index (χ2n) is 4.84. The van der Waals surface area contributed by atoms with Crippen molar-refractivity contribution in [2.75, 3.05) is 4.72 Å². The molecule has 112 valence electrons. The van der Waals surface area contributed by atoms with Crippen LogP contribution in [0.1, 0.15) is 16.7 Å². The van der Waals surface area contributed by atoms with E-state index < -0.39 is 15.8 Å². The Balaban J connectivity index is 2.48. The second kappa shape index (κ2) is 5.83. The minimum atomic E-state index is -3.89. The van der Waals surface area contributed by atoms with Crippen LogP contribution in [-0.4, -0.2) is 8.42 Å². The van der Waals surface area contributed by atoms with Crippen molar-refractivity contribution in [3.63, 3.8) is 0 Å². The first-order valence-corrected chi connectivity index (χ1v) is 7.91. The summed E-state index contributed by atoms with van der Waals surface area (Å²) in [6, 6.07) is 9.33. The van der Waals surface area contributed by atoms with Crippen LogP contribution in [0.4, 0.5) is 10.1 Å². The number of sulfonamides is 1. The summed E-state index contributed by atoms with van der Waals surface area (Å²) in [4.78, 5) is -0.133. The molecule has 0 aromatic heterocycles. The summed E-state index contributed by atoms with van der Waals surface area (Å²) in [5.41, 5.74) is 7.63. The molecule has 0 saturated carbocycles. The zero-order valence-corrected chi connectivity index (χ0v) is 12.7. The van der Waals surface area contributed by atoms with Crippen LogP contribution < -0.4 is 10.5 Å². The number of anilines is 1. The highest BCUT2D eigenvalue weighted by molar-refractivity contribution is 7.92. The van der Waals surface area contributed by atoms with E-state index in [4.69, 9.17) is 5.73 Å². The molecule has 21 heavy (non-hydrogen) atoms. The Morgan fingerprint density at radius 1 is 1.19 bits per heavy atom. The Hall–Kier alpha value is -1.92. The maximum Gasteiger partial charge on any atom is 0.262 e. The Morgan fingerprint density at radius 3 is 2.57 bits per heavy atom. The molecule has 2 rings (SSSR count). The highest BCUT2D eigenvalue weighted by atomic mass is 32.2. The number of hydrogen-bond acceptors (Lipinski definition) is 3. The maximum absolute atomic E-state index is 13.7. The molecule has 0 saturated heterocycles. The molecule has 0 spiro atoms. The van der Waals surface area contributed by atoms with Gasteiger partial charge in [-0.3, -0.25) is 4.72 Å². The molecule has 3 N–H and O–H groups in total. The van der Waals surface area contributed by atoms with Gasteiger partial charge in [0.1, 0.15) is 5.82 Å². The van der Waals surface area contributed by atoms with E-state index in [0.29, 0.717) is 5.69 Å². The van der Waals surface area contributed by atoms with Gasteiger partial charge in [-0.15, -0.1) is 0 Å². The van der Waals surface area contributed by atoms with Crippen molar-refractivity contribution in [1.82, 2.24) is 0 Å². The molecule has 0 heterocycles. The minimum Gasteiger partial charge on any atom is -0.326 e. The minimum absolute atomic E-state index is 0.0182. The predicted octanol–water partition coefficient (Wildman–Crippen LogP) is 2.70. The van der Waals surface area contributed by atoms with E-state index in [-0.39, 0.29) is 17.0 Å². The molecule has 0 amide bonds. The number of halogens is 1. The van der Waals surface area contributed by atoms with E-state index in [9.17, 15) is 12.8 Å². The maximum atomic E-state index is 13.7. The fraction of sp³-hybridized carbons (Fsp3) is 0.200. The predicted molar refractivity (Wildman–Crippen MR) is 81.0 cm³/mol. The number of nitrogens with one attached hydrogen (secondary N) is 1. The van der Waals surface area contributed by atoms with Gasteiger partial charge >= 0.3 is 0 Å². The highest BCUT2D eigenvalue weighted by Crippen LogP contribution is 2.24. The summed E-state index contributed by atoms with van der Waals surface area (Å²) in [5, 5.41) is 0. The number of rotatable bonds is 4. The normalized spacial score (nSPS) is 11.4. The van der Waals surface area contributed by atoms with E-state index in [1.807, 2.05) is 19.1 Å². The van der Waals surface area contributed by atoms with Gasteiger partial charge in [0.05, 0.1) is 10.6 Å². The molecule has 4 nitrogen and oxygen atoms in total. The summed E-state index contributed by atoms with van der Waals surface area (Å²) >= 11 is 0. The lowest BCUT2D eigenvalue weighted by molar-refractivity contribution is 0.585. The number of hydrogen-bond donors (Lipinski definition) is 2. The first-order valence-electron chi connectivity index (χ1n) is 6.42. The first kappa shape index (κ1) is 15.5. The molecule has 0 fully saturated rings. The zero-order chi connectivity index (χ0) is 15.6. The van der Waals surface area contributed by atoms with Gasteiger partial charge in [0.15, 0.2) is 0 Å². The van der Waals surface area contributed by atoms with E-state index >= 15 is 0 Å². The molecular weight excluding hydrogens is 291 g/mol. The van der Waals surface area contributed by atoms with Crippen molar-refractivity contribution >= 4 is 15.7 Å². The Morgan fingerprint density at radius 2 is 1.90 bits per heavy atom. The lowest BCUT2D eigenvalue weighted by atomic mass is 10.1. The third kappa shape index (κ3) is 3.22. The molecule has 0 aliphatic carbocycles. The molecule has 0 atom stereocenters. The topological polar surface area (TPSA) is 72.2 Å². The first-order chi connectivity index (χ1) is 9.85. The van der Waals surface area contributed by atoms with Crippen LogP contribution in [-0.2, 0) is 16.6 Å². The van der Waals surface area contributed by atoms with E-state index in [0.717, 1.165) is 11.1 Å². The number of aryl methyl sites for hydroxylation is 2. The highest BCUT2D eigenvalue weighted by Gasteiger charge is 2.21. The van der Waals surface area contributed by atoms with Gasteiger partial charge in [-0.1, -0.05) is 18.2 Å². The van der Waals surface area contributed by atoms with E-state index in [1.54, 1.807) is 13.0 Å². The second-order valence-corrected chi connectivity index (χ2v) is 6.50. The summed E-state index contributed by atoms with van der Waals surface area (Å²) in [7, 11) is -3.89. The van der Waals surface area contributed by atoms with Crippen LogP contribution >= 0.6 is 0 Å². The van der Waals surface area contributed by atoms with Crippen molar-refractivity contribution < 1.29 is 12.8 Å². The third-order valence-electron chi connectivity index (χ3n) is 3.21. The Kier molecular flexibility index (Phi) is 4.29. The van der Waals surface area contributed by atoms with Crippen molar-refractivity contribution in [2.24, 2.45) is 5.73 Å². The molecule has 2 aromatic carbocycles. The van der Waals surface area contributed by atoms with Gasteiger partial charge in [-0.2, -0.15) is 0 Å². The Bertz CT molecular complexity index is 773. The van der Waals surface area contributed by atoms with Crippen LogP contribution in [0.3, 0.4) is 0 Å². The van der Waals surface area contributed by atoms with Gasteiger partial charge < -0.3 is 5.73 Å². The largest absolute Gasteiger partial charge is 0.326 e. The lowest BCUT2D eigenvalue weighted by Crippen LogP contribution is -2.18. The fourth-order valence-electron chi connectivity index (χ4n) is 2.03. The molecule has 0 bridgehead atoms. The SMILES string of the molecule is Cc1ccc(C)c(NS(=O)(=O)c2cccc(F)c2CN)c1. The van der Waals surface area contributed by atoms with E-state index in [1.165, 1.54) is 18.2 Å². The lowest BCUT2D eigenvalue weighted by Gasteiger charge is -2.14. The number of nitrogens with two attached hydrogens (primary N) is 1. The smallest absolute Gasteiger partial charge is 0.262 e. The van der Waals surface area contributed by atoms with Crippen LogP contribution in [0, 0.1) is 19.7 Å². The van der Waals surface area contributed by atoms with Gasteiger partial charge in [0.2, 0.25) is 0 Å². The molecule has 0 aliphatic heterocycles. The monoisotopic (exact) mass is 308 g/mol. The van der Waals surface area contributed by atoms with Gasteiger partial charge in [-0.25, -0.2) is 12.8 Å². The van der Waals surface area contributed by atoms with Gasteiger partial charge in [0, 0.05) is 12.1 Å². The standard InChI is InChI=1S/C15H17FN2O2S/c1-10-6-7-11(2)14(8-10)18-21(19,20)15-5-3-4-13(16)12(15)9-17/h3-8,18H,9,17H2,1-2H3. The van der Waals surface area contributed by atoms with Crippen LogP contribution in [0.15, 0.2) is 41.3 Å². The van der Waals surface area contributed by atoms with Crippen molar-refractivity contribution in [3.8, 4) is 0 Å². The summed E-state index contributed by atoms with van der Waals surface area (Å²) < 4.78 is 41.1. The van der Waals surface area contributed by atoms with Crippen molar-refractivity contribution in [1.29, 1.82) is 0 Å². The Labute approximate surface area is 123 Å². The molecule has 0 unspecified atom stereocenters. The fourth-order valence-corrected chi connectivity index (χ4v) is 3.42. The average Bonchev–Trinajstić information content (AvgIpc) is 2.42. The van der Waals surface area contributed by atoms with Gasteiger partial charge in [0.25, 0.3) is 10.0 Å².